The van der Waals surface area contributed by atoms with Crippen molar-refractivity contribution in [2.75, 3.05) is 0 Å². The van der Waals surface area contributed by atoms with E-state index in [9.17, 15) is 4.79 Å². The molecular formula is C7H11NO2. The van der Waals surface area contributed by atoms with Crippen molar-refractivity contribution >= 4 is 11.5 Å². The summed E-state index contributed by atoms with van der Waals surface area (Å²) in [7, 11) is 0. The molecule has 56 valence electrons. The zero-order valence-electron chi connectivity index (χ0n) is 6.22. The van der Waals surface area contributed by atoms with Crippen LogP contribution >= 0.6 is 0 Å². The van der Waals surface area contributed by atoms with Crippen LogP contribution in [0.1, 0.15) is 26.7 Å². The standard InChI is InChI=1S/C7H11NO2/c1-5(8-10)7(3-4-7)6(2)9/h10H,3-4H2,1-2H3/b8-5-. The highest BCUT2D eigenvalue weighted by Gasteiger charge is 2.50. The molecular weight excluding hydrogens is 130 g/mol. The van der Waals surface area contributed by atoms with Gasteiger partial charge in [0.15, 0.2) is 0 Å². The molecule has 0 aromatic heterocycles. The molecule has 0 amide bonds. The average molecular weight is 141 g/mol. The number of ketones is 1. The lowest BCUT2D eigenvalue weighted by Crippen LogP contribution is -2.20. The molecule has 0 aliphatic heterocycles. The number of hydrogen-bond acceptors (Lipinski definition) is 3. The maximum atomic E-state index is 10.9. The molecule has 1 aliphatic carbocycles. The van der Waals surface area contributed by atoms with Crippen molar-refractivity contribution in [2.24, 2.45) is 10.6 Å². The second kappa shape index (κ2) is 2.08. The Morgan fingerprint density at radius 1 is 1.50 bits per heavy atom. The summed E-state index contributed by atoms with van der Waals surface area (Å²) in [6.07, 6.45) is 1.69. The van der Waals surface area contributed by atoms with Crippen molar-refractivity contribution < 1.29 is 10.0 Å². The molecule has 3 nitrogen and oxygen atoms in total. The summed E-state index contributed by atoms with van der Waals surface area (Å²) in [4.78, 5) is 10.9. The molecule has 3 heteroatoms. The van der Waals surface area contributed by atoms with Crippen molar-refractivity contribution in [2.45, 2.75) is 26.7 Å². The van der Waals surface area contributed by atoms with Gasteiger partial charge < -0.3 is 5.21 Å². The fraction of sp³-hybridized carbons (Fsp3) is 0.714. The van der Waals surface area contributed by atoms with E-state index in [0.717, 1.165) is 12.8 Å². The molecule has 0 bridgehead atoms. The van der Waals surface area contributed by atoms with Crippen LogP contribution in [-0.2, 0) is 4.79 Å². The summed E-state index contributed by atoms with van der Waals surface area (Å²) >= 11 is 0. The molecule has 0 unspecified atom stereocenters. The first-order valence-corrected chi connectivity index (χ1v) is 3.33. The Bertz CT molecular complexity index is 192. The van der Waals surface area contributed by atoms with Gasteiger partial charge in [-0.05, 0) is 26.7 Å². The number of nitrogens with zero attached hydrogens (tertiary/aromatic N) is 1. The molecule has 1 aliphatic rings. The number of rotatable bonds is 2. The van der Waals surface area contributed by atoms with Gasteiger partial charge >= 0.3 is 0 Å². The predicted molar refractivity (Wildman–Crippen MR) is 37.2 cm³/mol. The third kappa shape index (κ3) is 0.818. The third-order valence-electron chi connectivity index (χ3n) is 2.27. The molecule has 0 radical (unpaired) electrons. The summed E-state index contributed by atoms with van der Waals surface area (Å²) in [6, 6.07) is 0. The number of hydrogen-bond donors (Lipinski definition) is 1. The molecule has 1 N–H and O–H groups in total. The van der Waals surface area contributed by atoms with Gasteiger partial charge in [-0.2, -0.15) is 0 Å². The van der Waals surface area contributed by atoms with Crippen LogP contribution in [0.4, 0.5) is 0 Å². The lowest BCUT2D eigenvalue weighted by atomic mass is 9.97. The molecule has 10 heavy (non-hydrogen) atoms. The van der Waals surface area contributed by atoms with Crippen molar-refractivity contribution in [3.63, 3.8) is 0 Å². The van der Waals surface area contributed by atoms with Crippen LogP contribution in [0.3, 0.4) is 0 Å². The van der Waals surface area contributed by atoms with Crippen molar-refractivity contribution in [3.8, 4) is 0 Å². The Morgan fingerprint density at radius 2 is 2.00 bits per heavy atom. The van der Waals surface area contributed by atoms with Crippen LogP contribution in [0.25, 0.3) is 0 Å². The van der Waals surface area contributed by atoms with Crippen LogP contribution in [0, 0.1) is 5.41 Å². The predicted octanol–water partition coefficient (Wildman–Crippen LogP) is 1.21. The average Bonchev–Trinajstić information content (AvgIpc) is 2.65. The highest BCUT2D eigenvalue weighted by molar-refractivity contribution is 6.10. The second-order valence-electron chi connectivity index (χ2n) is 2.82. The zero-order chi connectivity index (χ0) is 7.78. The van der Waals surface area contributed by atoms with E-state index in [0.29, 0.717) is 5.71 Å². The molecule has 0 atom stereocenters. The molecule has 0 aromatic rings. The van der Waals surface area contributed by atoms with E-state index >= 15 is 0 Å². The maximum absolute atomic E-state index is 10.9. The first kappa shape index (κ1) is 7.25. The fourth-order valence-corrected chi connectivity index (χ4v) is 1.19. The van der Waals surface area contributed by atoms with E-state index < -0.39 is 0 Å². The Labute approximate surface area is 59.7 Å². The Hall–Kier alpha value is -0.860. The normalized spacial score (nSPS) is 22.4. The van der Waals surface area contributed by atoms with Gasteiger partial charge in [-0.25, -0.2) is 0 Å². The van der Waals surface area contributed by atoms with Crippen LogP contribution in [-0.4, -0.2) is 16.7 Å². The first-order valence-electron chi connectivity index (χ1n) is 3.33. The van der Waals surface area contributed by atoms with Gasteiger partial charge in [0.25, 0.3) is 0 Å². The summed E-state index contributed by atoms with van der Waals surface area (Å²) in [5, 5.41) is 11.4. The molecule has 0 spiro atoms. The topological polar surface area (TPSA) is 49.7 Å². The van der Waals surface area contributed by atoms with Crippen LogP contribution in [0.5, 0.6) is 0 Å². The van der Waals surface area contributed by atoms with Crippen molar-refractivity contribution in [3.05, 3.63) is 0 Å². The number of carbonyl (C=O) groups excluding carboxylic acids is 1. The summed E-state index contributed by atoms with van der Waals surface area (Å²) < 4.78 is 0. The summed E-state index contributed by atoms with van der Waals surface area (Å²) in [5.41, 5.74) is 0.175. The minimum atomic E-state index is -0.380. The molecule has 1 fully saturated rings. The van der Waals surface area contributed by atoms with Crippen molar-refractivity contribution in [1.82, 2.24) is 0 Å². The Morgan fingerprint density at radius 3 is 2.10 bits per heavy atom. The van der Waals surface area contributed by atoms with Crippen LogP contribution in [0.2, 0.25) is 0 Å². The van der Waals surface area contributed by atoms with Gasteiger partial charge in [-0.3, -0.25) is 4.79 Å². The maximum Gasteiger partial charge on any atom is 0.141 e. The minimum Gasteiger partial charge on any atom is -0.411 e. The van der Waals surface area contributed by atoms with Gasteiger partial charge in [-0.15, -0.1) is 0 Å². The van der Waals surface area contributed by atoms with E-state index in [-0.39, 0.29) is 11.2 Å². The zero-order valence-corrected chi connectivity index (χ0v) is 6.22. The van der Waals surface area contributed by atoms with Crippen LogP contribution in [0.15, 0.2) is 5.16 Å². The Kier molecular flexibility index (Phi) is 1.50. The van der Waals surface area contributed by atoms with Gasteiger partial charge in [0.1, 0.15) is 5.78 Å². The monoisotopic (exact) mass is 141 g/mol. The van der Waals surface area contributed by atoms with Gasteiger partial charge in [-0.1, -0.05) is 5.16 Å². The largest absolute Gasteiger partial charge is 0.411 e. The fourth-order valence-electron chi connectivity index (χ4n) is 1.19. The van der Waals surface area contributed by atoms with E-state index in [2.05, 4.69) is 5.16 Å². The van der Waals surface area contributed by atoms with E-state index in [1.165, 1.54) is 0 Å². The number of Topliss-reactive ketones (excluding diaryl/α,β-unsaturated/α-hetero) is 1. The SMILES string of the molecule is CC(=O)C1(/C(C)=N\O)CC1. The highest BCUT2D eigenvalue weighted by atomic mass is 16.4. The number of carbonyl (C=O) groups is 1. The molecule has 0 aromatic carbocycles. The van der Waals surface area contributed by atoms with E-state index in [4.69, 9.17) is 5.21 Å². The molecule has 0 heterocycles. The first-order chi connectivity index (χ1) is 4.63. The van der Waals surface area contributed by atoms with Gasteiger partial charge in [0.05, 0.1) is 11.1 Å². The Balaban J connectivity index is 2.79. The van der Waals surface area contributed by atoms with Gasteiger partial charge in [0.2, 0.25) is 0 Å². The minimum absolute atomic E-state index is 0.114. The van der Waals surface area contributed by atoms with E-state index in [1.54, 1.807) is 13.8 Å². The molecule has 1 saturated carbocycles. The highest BCUT2D eigenvalue weighted by Crippen LogP contribution is 2.47. The molecule has 1 rings (SSSR count). The molecule has 0 saturated heterocycles. The third-order valence-corrected chi connectivity index (χ3v) is 2.27. The summed E-state index contributed by atoms with van der Waals surface area (Å²) in [6.45, 7) is 3.23. The summed E-state index contributed by atoms with van der Waals surface area (Å²) in [5.74, 6) is 0.114. The number of oxime groups is 1. The smallest absolute Gasteiger partial charge is 0.141 e. The second-order valence-corrected chi connectivity index (χ2v) is 2.82. The van der Waals surface area contributed by atoms with Crippen LogP contribution < -0.4 is 0 Å². The quantitative estimate of drug-likeness (QED) is 0.357. The van der Waals surface area contributed by atoms with Crippen molar-refractivity contribution in [1.29, 1.82) is 0 Å². The van der Waals surface area contributed by atoms with E-state index in [1.807, 2.05) is 0 Å². The lowest BCUT2D eigenvalue weighted by molar-refractivity contribution is -0.119. The lowest BCUT2D eigenvalue weighted by Gasteiger charge is -2.07. The van der Waals surface area contributed by atoms with Gasteiger partial charge in [0, 0.05) is 0 Å².